The van der Waals surface area contributed by atoms with Crippen molar-refractivity contribution in [1.29, 1.82) is 0 Å². The number of carbonyl (C=O) groups excluding carboxylic acids is 3. The van der Waals surface area contributed by atoms with Crippen molar-refractivity contribution in [3.8, 4) is 23.0 Å². The fraction of sp³-hybridized carbons (Fsp3) is 0.458. The fourth-order valence-electron chi connectivity index (χ4n) is 9.84. The number of benzene rings is 5. The van der Waals surface area contributed by atoms with Crippen molar-refractivity contribution in [2.24, 2.45) is 0 Å². The number of halogens is 3. The van der Waals surface area contributed by atoms with Crippen molar-refractivity contribution in [3.63, 3.8) is 0 Å². The number of hydrogen-bond donors (Lipinski definition) is 0. The predicted octanol–water partition coefficient (Wildman–Crippen LogP) is 15.6. The quantitative estimate of drug-likeness (QED) is 0.00965. The van der Waals surface area contributed by atoms with Gasteiger partial charge in [0.15, 0.2) is 30.6 Å². The number of ether oxygens (including phenoxy) is 14. The molecular formula is C72H91F2IO17Si. The first-order valence-electron chi connectivity index (χ1n) is 31.0. The fourth-order valence-corrected chi connectivity index (χ4v) is 11.2. The third-order valence-electron chi connectivity index (χ3n) is 14.8. The van der Waals surface area contributed by atoms with E-state index in [2.05, 4.69) is 42.2 Å². The van der Waals surface area contributed by atoms with Crippen LogP contribution < -0.4 is 18.9 Å². The highest BCUT2D eigenvalue weighted by Gasteiger charge is 2.49. The van der Waals surface area contributed by atoms with Gasteiger partial charge >= 0.3 is 17.9 Å². The SMILES string of the molecule is COCOc1cc(OC)cc(/C=C/C[C@@H]2OC(C)(C)OC2C(OC(=O)c2ccccc2)/C(F)=C\CC(C)OCc2ccc(OC)cc2)c1C(=O)OCC[Si](C)(C)C.COc1ccc(CO[C@H](C)C/C=C(/F)C(OC(=O)c2ccccc2)C2OC(C)(C)OC2CCI)cc1. The summed E-state index contributed by atoms with van der Waals surface area (Å²) in [6.45, 7) is 18.2. The van der Waals surface area contributed by atoms with Crippen molar-refractivity contribution in [2.75, 3.05) is 46.3 Å². The first-order chi connectivity index (χ1) is 44.3. The van der Waals surface area contributed by atoms with Gasteiger partial charge in [0.1, 0.15) is 52.4 Å². The Morgan fingerprint density at radius 3 is 1.52 bits per heavy atom. The third kappa shape index (κ3) is 24.6. The normalized spacial score (nSPS) is 19.1. The lowest BCUT2D eigenvalue weighted by Gasteiger charge is -2.26. The van der Waals surface area contributed by atoms with Crippen LogP contribution in [0.15, 0.2) is 151 Å². The van der Waals surface area contributed by atoms with Crippen LogP contribution >= 0.6 is 22.6 Å². The maximum Gasteiger partial charge on any atom is 0.342 e. The topological polar surface area (TPSA) is 180 Å². The van der Waals surface area contributed by atoms with Crippen molar-refractivity contribution < 1.29 is 89.5 Å². The van der Waals surface area contributed by atoms with E-state index in [-0.39, 0.29) is 55.3 Å². The molecule has 2 aliphatic heterocycles. The van der Waals surface area contributed by atoms with Crippen LogP contribution in [0.2, 0.25) is 25.7 Å². The molecule has 93 heavy (non-hydrogen) atoms. The number of alkyl halides is 1. The van der Waals surface area contributed by atoms with E-state index < -0.39 is 85.8 Å². The molecule has 0 N–H and O–H groups in total. The number of methoxy groups -OCH3 is 4. The molecule has 0 aromatic heterocycles. The molecule has 0 radical (unpaired) electrons. The zero-order valence-electron chi connectivity index (χ0n) is 55.6. The Bertz CT molecular complexity index is 3210. The second kappa shape index (κ2) is 36.9. The van der Waals surface area contributed by atoms with Gasteiger partial charge in [0.25, 0.3) is 0 Å². The smallest absolute Gasteiger partial charge is 0.342 e. The van der Waals surface area contributed by atoms with E-state index in [0.717, 1.165) is 33.1 Å². The average molecular weight is 1420 g/mol. The van der Waals surface area contributed by atoms with Crippen LogP contribution in [-0.4, -0.2) is 133 Å². The van der Waals surface area contributed by atoms with Gasteiger partial charge in [-0.2, -0.15) is 0 Å². The summed E-state index contributed by atoms with van der Waals surface area (Å²) in [5, 5.41) is 0. The van der Waals surface area contributed by atoms with E-state index in [1.165, 1.54) is 26.4 Å². The first-order valence-corrected chi connectivity index (χ1v) is 36.2. The number of hydrogen-bond acceptors (Lipinski definition) is 17. The molecule has 0 saturated carbocycles. The monoisotopic (exact) mass is 1420 g/mol. The molecule has 8 atom stereocenters. The Morgan fingerprint density at radius 1 is 0.613 bits per heavy atom. The second-order valence-electron chi connectivity index (χ2n) is 24.5. The lowest BCUT2D eigenvalue weighted by Crippen LogP contribution is -2.39. The highest BCUT2D eigenvalue weighted by atomic mass is 127. The van der Waals surface area contributed by atoms with E-state index in [9.17, 15) is 14.4 Å². The molecule has 17 nitrogen and oxygen atoms in total. The van der Waals surface area contributed by atoms with Gasteiger partial charge in [-0.3, -0.25) is 0 Å². The van der Waals surface area contributed by atoms with Crippen LogP contribution in [0.1, 0.15) is 115 Å². The van der Waals surface area contributed by atoms with E-state index in [4.69, 9.17) is 66.3 Å². The largest absolute Gasteiger partial charge is 0.497 e. The van der Waals surface area contributed by atoms with Crippen LogP contribution in [0, 0.1) is 0 Å². The van der Waals surface area contributed by atoms with Gasteiger partial charge in [0, 0.05) is 25.7 Å². The van der Waals surface area contributed by atoms with Crippen LogP contribution in [0.25, 0.3) is 6.08 Å². The number of carbonyl (C=O) groups is 3. The summed E-state index contributed by atoms with van der Waals surface area (Å²) >= 11 is 2.24. The Balaban J connectivity index is 0.000000327. The molecule has 5 aromatic rings. The summed E-state index contributed by atoms with van der Waals surface area (Å²) in [5.74, 6) is -3.02. The molecule has 2 fully saturated rings. The van der Waals surface area contributed by atoms with Crippen LogP contribution in [0.5, 0.6) is 23.0 Å². The minimum atomic E-state index is -1.48. The molecule has 21 heteroatoms. The molecular weight excluding hydrogens is 1330 g/mol. The molecule has 7 rings (SSSR count). The van der Waals surface area contributed by atoms with Gasteiger partial charge in [-0.25, -0.2) is 23.2 Å². The number of esters is 3. The average Bonchev–Trinajstić information content (AvgIpc) is 1.78. The molecule has 5 aromatic carbocycles. The Kier molecular flexibility index (Phi) is 30.0. The van der Waals surface area contributed by atoms with E-state index in [1.54, 1.807) is 127 Å². The summed E-state index contributed by atoms with van der Waals surface area (Å²) in [4.78, 5) is 39.8. The molecule has 506 valence electrons. The molecule has 2 heterocycles. The van der Waals surface area contributed by atoms with Crippen LogP contribution in [0.3, 0.4) is 0 Å². The van der Waals surface area contributed by atoms with Gasteiger partial charge in [-0.15, -0.1) is 0 Å². The Morgan fingerprint density at radius 2 is 1.08 bits per heavy atom. The molecule has 0 aliphatic carbocycles. The predicted molar refractivity (Wildman–Crippen MR) is 362 cm³/mol. The van der Waals surface area contributed by atoms with Crippen molar-refractivity contribution >= 4 is 54.6 Å². The molecule has 0 bridgehead atoms. The minimum absolute atomic E-state index is 0.106. The van der Waals surface area contributed by atoms with E-state index in [1.807, 2.05) is 62.4 Å². The lowest BCUT2D eigenvalue weighted by molar-refractivity contribution is -0.154. The van der Waals surface area contributed by atoms with Crippen molar-refractivity contribution in [2.45, 2.75) is 167 Å². The Hall–Kier alpha value is -6.54. The summed E-state index contributed by atoms with van der Waals surface area (Å²) in [7, 11) is 4.73. The maximum atomic E-state index is 16.4. The standard InChI is InChI=1S/C44H57FO11Si.C28H34FIO6/c1-30(52-28-31-19-21-34(49-5)22-20-31)18-23-36(45)40(54-42(46)32-14-11-10-12-15-32)41-37(55-44(2,3)56-41)17-13-16-33-26-35(50-6)27-38(53-29-48-4)39(33)43(47)51-24-25-57(7,8)9;1-19(33-18-20-11-13-22(32-4)14-12-20)10-15-23(29)25(34-27(31)21-8-6-5-7-9-21)26-24(16-17-30)35-28(2,3)36-26/h10-16,19-23,26-27,30,37,40-41H,17-18,24-25,28-29H2,1-9H3;5-9,11-15,19,24-26H,10,16-18H2,1-4H3/b16-13+,36-23+;23-15+/t30?,37-,40?,41?;19-,24?,25?,26?/m01/s1. The van der Waals surface area contributed by atoms with Gasteiger partial charge in [0.05, 0.1) is 76.7 Å². The first kappa shape index (κ1) is 75.5. The lowest BCUT2D eigenvalue weighted by atomic mass is 10.0. The zero-order valence-corrected chi connectivity index (χ0v) is 58.8. The van der Waals surface area contributed by atoms with Crippen LogP contribution in [-0.2, 0) is 60.6 Å². The van der Waals surface area contributed by atoms with E-state index >= 15 is 8.78 Å². The summed E-state index contributed by atoms with van der Waals surface area (Å²) in [5.41, 5.74) is 3.20. The molecule has 6 unspecified atom stereocenters. The maximum absolute atomic E-state index is 16.4. The summed E-state index contributed by atoms with van der Waals surface area (Å²) in [6, 6.07) is 36.1. The van der Waals surface area contributed by atoms with Crippen molar-refractivity contribution in [3.05, 3.63) is 185 Å². The van der Waals surface area contributed by atoms with E-state index in [0.29, 0.717) is 42.9 Å². The molecule has 2 saturated heterocycles. The number of rotatable bonds is 33. The van der Waals surface area contributed by atoms with Crippen molar-refractivity contribution in [1.82, 2.24) is 0 Å². The third-order valence-corrected chi connectivity index (χ3v) is 17.1. The minimum Gasteiger partial charge on any atom is -0.497 e. The Labute approximate surface area is 561 Å². The zero-order chi connectivity index (χ0) is 67.7. The molecule has 2 aliphatic rings. The highest BCUT2D eigenvalue weighted by molar-refractivity contribution is 14.1. The molecule has 0 spiro atoms. The summed E-state index contributed by atoms with van der Waals surface area (Å²) < 4.78 is 113. The van der Waals surface area contributed by atoms with Crippen LogP contribution in [0.4, 0.5) is 8.78 Å². The van der Waals surface area contributed by atoms with Gasteiger partial charge in [-0.05, 0) is 157 Å². The summed E-state index contributed by atoms with van der Waals surface area (Å²) in [6.07, 6.45) is 1.32. The van der Waals surface area contributed by atoms with Gasteiger partial charge in [0.2, 0.25) is 0 Å². The van der Waals surface area contributed by atoms with Gasteiger partial charge in [-0.1, -0.05) is 115 Å². The highest BCUT2D eigenvalue weighted by Crippen LogP contribution is 2.39. The van der Waals surface area contributed by atoms with Gasteiger partial charge < -0.3 is 66.3 Å². The molecule has 0 amide bonds. The second-order valence-corrected chi connectivity index (χ2v) is 31.2.